The number of aldehydes is 1. The Morgan fingerprint density at radius 2 is 1.95 bits per heavy atom. The third-order valence-corrected chi connectivity index (χ3v) is 7.78. The summed E-state index contributed by atoms with van der Waals surface area (Å²) < 4.78 is 17.6. The van der Waals surface area contributed by atoms with Gasteiger partial charge in [0, 0.05) is 40.9 Å². The summed E-state index contributed by atoms with van der Waals surface area (Å²) >= 11 is 0. The molecular formula is C33H29NO6. The highest BCUT2D eigenvalue weighted by Gasteiger charge is 2.48. The molecule has 1 fully saturated rings. The Morgan fingerprint density at radius 1 is 1.10 bits per heavy atom. The number of ether oxygens (including phenoxy) is 2. The third-order valence-electron chi connectivity index (χ3n) is 7.78. The number of Topliss-reactive ketones (excluding diaryl/α,β-unsaturated/α-hetero) is 1. The van der Waals surface area contributed by atoms with E-state index in [1.54, 1.807) is 37.3 Å². The number of furan rings is 1. The minimum absolute atomic E-state index is 0.150. The van der Waals surface area contributed by atoms with Crippen molar-refractivity contribution in [2.45, 2.75) is 33.1 Å². The second-order valence-corrected chi connectivity index (χ2v) is 10.3. The van der Waals surface area contributed by atoms with Gasteiger partial charge in [-0.3, -0.25) is 9.59 Å². The summed E-state index contributed by atoms with van der Waals surface area (Å²) in [4.78, 5) is 38.4. The normalized spacial score (nSPS) is 20.5. The lowest BCUT2D eigenvalue weighted by Crippen LogP contribution is -2.29. The molecule has 2 atom stereocenters. The Labute approximate surface area is 232 Å². The van der Waals surface area contributed by atoms with Gasteiger partial charge in [0.05, 0.1) is 12.5 Å². The van der Waals surface area contributed by atoms with Gasteiger partial charge in [-0.1, -0.05) is 24.3 Å². The van der Waals surface area contributed by atoms with Gasteiger partial charge in [0.25, 0.3) is 0 Å². The van der Waals surface area contributed by atoms with E-state index in [0.717, 1.165) is 41.6 Å². The maximum atomic E-state index is 13.9. The van der Waals surface area contributed by atoms with Gasteiger partial charge in [0.15, 0.2) is 5.76 Å². The third kappa shape index (κ3) is 4.37. The fourth-order valence-corrected chi connectivity index (χ4v) is 5.76. The number of rotatable bonds is 6. The second-order valence-electron chi connectivity index (χ2n) is 10.3. The van der Waals surface area contributed by atoms with Gasteiger partial charge in [0.2, 0.25) is 5.78 Å². The molecule has 0 radical (unpaired) electrons. The van der Waals surface area contributed by atoms with Crippen molar-refractivity contribution in [3.05, 3.63) is 105 Å². The summed E-state index contributed by atoms with van der Waals surface area (Å²) in [6.45, 7) is 6.58. The molecular weight excluding hydrogens is 506 g/mol. The summed E-state index contributed by atoms with van der Waals surface area (Å²) in [5.74, 6) is -0.236. The predicted molar refractivity (Wildman–Crippen MR) is 151 cm³/mol. The molecule has 1 saturated heterocycles. The molecule has 0 amide bonds. The molecule has 1 aliphatic carbocycles. The molecule has 2 unspecified atom stereocenters. The van der Waals surface area contributed by atoms with Crippen LogP contribution in [0, 0.1) is 12.8 Å². The number of carbonyl (C=O) groups excluding carboxylic acids is 3. The molecule has 40 heavy (non-hydrogen) atoms. The standard InChI is InChI=1S/C33H29NO6/c1-4-38-33(37)29-19(3)13-27-31(30(29)22-8-7-20-11-12-34-25(20)15-22)32(36)28(40-27)16-24-9-10-26(39-24)21-6-5-18(2)23(14-21)17-35/h5-10,13-17,30-31,34H,4,11-12H2,1-3H3/b28-16-. The molecule has 6 rings (SSSR count). The number of fused-ring (bicyclic) bond motifs is 2. The molecule has 1 aromatic heterocycles. The lowest BCUT2D eigenvalue weighted by Gasteiger charge is -2.29. The van der Waals surface area contributed by atoms with E-state index in [0.29, 0.717) is 34.0 Å². The summed E-state index contributed by atoms with van der Waals surface area (Å²) in [5.41, 5.74) is 6.51. The van der Waals surface area contributed by atoms with Crippen LogP contribution < -0.4 is 5.32 Å². The first-order valence-electron chi connectivity index (χ1n) is 13.4. The summed E-state index contributed by atoms with van der Waals surface area (Å²) in [5, 5.41) is 3.39. The first kappa shape index (κ1) is 25.6. The Morgan fingerprint density at radius 3 is 2.75 bits per heavy atom. The average Bonchev–Trinajstić information content (AvgIpc) is 3.68. The van der Waals surface area contributed by atoms with Crippen LogP contribution in [-0.2, 0) is 25.5 Å². The van der Waals surface area contributed by atoms with Crippen molar-refractivity contribution in [1.82, 2.24) is 0 Å². The molecule has 0 saturated carbocycles. The summed E-state index contributed by atoms with van der Waals surface area (Å²) in [6, 6.07) is 15.2. The van der Waals surface area contributed by atoms with E-state index in [1.807, 2.05) is 38.1 Å². The Kier molecular flexibility index (Phi) is 6.50. The molecule has 3 aliphatic rings. The van der Waals surface area contributed by atoms with Crippen molar-refractivity contribution in [2.75, 3.05) is 18.5 Å². The predicted octanol–water partition coefficient (Wildman–Crippen LogP) is 6.15. The van der Waals surface area contributed by atoms with Crippen LogP contribution in [-0.4, -0.2) is 31.2 Å². The maximum absolute atomic E-state index is 13.9. The molecule has 2 aromatic carbocycles. The van der Waals surface area contributed by atoms with E-state index in [9.17, 15) is 14.4 Å². The number of anilines is 1. The number of hydrogen-bond acceptors (Lipinski definition) is 7. The minimum Gasteiger partial charge on any atom is -0.463 e. The first-order chi connectivity index (χ1) is 19.4. The van der Waals surface area contributed by atoms with Gasteiger partial charge < -0.3 is 19.2 Å². The number of carbonyl (C=O) groups is 3. The first-order valence-corrected chi connectivity index (χ1v) is 13.4. The summed E-state index contributed by atoms with van der Waals surface area (Å²) in [6.07, 6.45) is 5.10. The number of nitrogens with one attached hydrogen (secondary N) is 1. The van der Waals surface area contributed by atoms with Crippen molar-refractivity contribution in [3.8, 4) is 11.3 Å². The number of hydrogen-bond donors (Lipinski definition) is 1. The highest BCUT2D eigenvalue weighted by atomic mass is 16.5. The maximum Gasteiger partial charge on any atom is 0.334 e. The smallest absolute Gasteiger partial charge is 0.334 e. The van der Waals surface area contributed by atoms with Crippen LogP contribution in [0.3, 0.4) is 0 Å². The topological polar surface area (TPSA) is 94.8 Å². The van der Waals surface area contributed by atoms with E-state index < -0.39 is 17.8 Å². The average molecular weight is 536 g/mol. The Hall–Kier alpha value is -4.65. The highest BCUT2D eigenvalue weighted by Crippen LogP contribution is 2.49. The lowest BCUT2D eigenvalue weighted by molar-refractivity contribution is -0.139. The largest absolute Gasteiger partial charge is 0.463 e. The van der Waals surface area contributed by atoms with Crippen LogP contribution >= 0.6 is 0 Å². The zero-order valence-electron chi connectivity index (χ0n) is 22.6. The molecule has 7 nitrogen and oxygen atoms in total. The number of aryl methyl sites for hydroxylation is 1. The molecule has 1 N–H and O–H groups in total. The van der Waals surface area contributed by atoms with E-state index >= 15 is 0 Å². The monoisotopic (exact) mass is 535 g/mol. The molecule has 3 heterocycles. The number of allylic oxidation sites excluding steroid dienone is 4. The summed E-state index contributed by atoms with van der Waals surface area (Å²) in [7, 11) is 0. The van der Waals surface area contributed by atoms with E-state index in [4.69, 9.17) is 13.9 Å². The number of esters is 1. The number of ketones is 1. The SMILES string of the molecule is CCOC(=O)C1=C(C)C=C2O/C(=C\c3ccc(-c4ccc(C)c(C=O)c4)o3)C(=O)C2C1c1ccc2c(c1)NCC2. The fraction of sp³-hybridized carbons (Fsp3) is 0.242. The quantitative estimate of drug-likeness (QED) is 0.230. The molecule has 0 bridgehead atoms. The van der Waals surface area contributed by atoms with Crippen LogP contribution in [0.25, 0.3) is 17.4 Å². The minimum atomic E-state index is -0.699. The van der Waals surface area contributed by atoms with E-state index in [1.165, 1.54) is 5.56 Å². The van der Waals surface area contributed by atoms with Crippen LogP contribution in [0.4, 0.5) is 5.69 Å². The van der Waals surface area contributed by atoms with Crippen molar-refractivity contribution in [1.29, 1.82) is 0 Å². The molecule has 202 valence electrons. The zero-order chi connectivity index (χ0) is 28.0. The van der Waals surface area contributed by atoms with Crippen molar-refractivity contribution >= 4 is 29.8 Å². The highest BCUT2D eigenvalue weighted by molar-refractivity contribution is 6.06. The molecule has 7 heteroatoms. The zero-order valence-corrected chi connectivity index (χ0v) is 22.6. The van der Waals surface area contributed by atoms with Crippen molar-refractivity contribution in [2.24, 2.45) is 5.92 Å². The molecule has 0 spiro atoms. The van der Waals surface area contributed by atoms with Gasteiger partial charge >= 0.3 is 5.97 Å². The lowest BCUT2D eigenvalue weighted by atomic mass is 9.73. The van der Waals surface area contributed by atoms with Crippen molar-refractivity contribution < 1.29 is 28.3 Å². The van der Waals surface area contributed by atoms with Crippen LogP contribution in [0.5, 0.6) is 0 Å². The molecule has 3 aromatic rings. The van der Waals surface area contributed by atoms with Crippen molar-refractivity contribution in [3.63, 3.8) is 0 Å². The van der Waals surface area contributed by atoms with Gasteiger partial charge in [-0.05, 0) is 79.8 Å². The van der Waals surface area contributed by atoms with E-state index in [-0.39, 0.29) is 18.1 Å². The number of benzene rings is 2. The van der Waals surface area contributed by atoms with Crippen LogP contribution in [0.15, 0.2) is 81.7 Å². The van der Waals surface area contributed by atoms with Crippen LogP contribution in [0.1, 0.15) is 52.6 Å². The van der Waals surface area contributed by atoms with Gasteiger partial charge in [-0.25, -0.2) is 4.79 Å². The van der Waals surface area contributed by atoms with Gasteiger partial charge in [-0.2, -0.15) is 0 Å². The van der Waals surface area contributed by atoms with Gasteiger partial charge in [-0.15, -0.1) is 0 Å². The fourth-order valence-electron chi connectivity index (χ4n) is 5.76. The second kappa shape index (κ2) is 10.2. The molecule has 2 aliphatic heterocycles. The Bertz CT molecular complexity index is 1650. The van der Waals surface area contributed by atoms with Crippen LogP contribution in [0.2, 0.25) is 0 Å². The van der Waals surface area contributed by atoms with E-state index in [2.05, 4.69) is 11.4 Å². The Balaban J connectivity index is 1.36. The van der Waals surface area contributed by atoms with Gasteiger partial charge in [0.1, 0.15) is 23.6 Å².